The first-order valence-corrected chi connectivity index (χ1v) is 6.23. The van der Waals surface area contributed by atoms with E-state index in [-0.39, 0.29) is 11.6 Å². The van der Waals surface area contributed by atoms with E-state index in [2.05, 4.69) is 10.3 Å². The van der Waals surface area contributed by atoms with Crippen LogP contribution in [0, 0.1) is 10.1 Å². The molecule has 1 fully saturated rings. The van der Waals surface area contributed by atoms with E-state index in [4.69, 9.17) is 0 Å². The van der Waals surface area contributed by atoms with Crippen LogP contribution >= 0.6 is 0 Å². The summed E-state index contributed by atoms with van der Waals surface area (Å²) in [6, 6.07) is 5.88. The molecule has 1 amide bonds. The molecule has 2 rings (SSSR count). The zero-order chi connectivity index (χ0) is 14.5. The third-order valence-corrected chi connectivity index (χ3v) is 3.05. The van der Waals surface area contributed by atoms with Crippen LogP contribution < -0.4 is 0 Å². The molecule has 1 aliphatic heterocycles. The molecule has 0 unspecified atom stereocenters. The van der Waals surface area contributed by atoms with E-state index in [9.17, 15) is 14.9 Å². The lowest BCUT2D eigenvalue weighted by Gasteiger charge is -2.31. The van der Waals surface area contributed by atoms with Gasteiger partial charge in [-0.25, -0.2) is 0 Å². The Bertz CT molecular complexity index is 520. The highest BCUT2D eigenvalue weighted by molar-refractivity contribution is 5.73. The van der Waals surface area contributed by atoms with E-state index >= 15 is 0 Å². The highest BCUT2D eigenvalue weighted by atomic mass is 16.6. The van der Waals surface area contributed by atoms with Gasteiger partial charge in [-0.15, -0.1) is 5.11 Å². The second-order valence-electron chi connectivity index (χ2n) is 4.42. The number of benzene rings is 1. The second kappa shape index (κ2) is 6.09. The number of nitrogens with zero attached hydrogens (tertiary/aromatic N) is 5. The maximum Gasteiger partial charge on any atom is 0.269 e. The van der Waals surface area contributed by atoms with Crippen LogP contribution in [0.15, 0.2) is 34.6 Å². The van der Waals surface area contributed by atoms with Gasteiger partial charge in [-0.1, -0.05) is 5.22 Å². The summed E-state index contributed by atoms with van der Waals surface area (Å²) in [6.45, 7) is 4.09. The van der Waals surface area contributed by atoms with Crippen LogP contribution in [-0.4, -0.2) is 46.9 Å². The SMILES string of the molecule is CC(=O)N1CCN(N=Nc2ccc([N+](=O)[O-])cc2)CC1. The highest BCUT2D eigenvalue weighted by Gasteiger charge is 2.17. The molecule has 0 N–H and O–H groups in total. The summed E-state index contributed by atoms with van der Waals surface area (Å²) in [4.78, 5) is 23.0. The molecule has 0 aliphatic carbocycles. The van der Waals surface area contributed by atoms with Gasteiger partial charge >= 0.3 is 0 Å². The summed E-state index contributed by atoms with van der Waals surface area (Å²) in [7, 11) is 0. The number of nitro benzene ring substituents is 1. The van der Waals surface area contributed by atoms with E-state index in [1.165, 1.54) is 12.1 Å². The summed E-state index contributed by atoms with van der Waals surface area (Å²) < 4.78 is 0. The molecule has 8 nitrogen and oxygen atoms in total. The van der Waals surface area contributed by atoms with Crippen molar-refractivity contribution in [1.29, 1.82) is 0 Å². The van der Waals surface area contributed by atoms with Gasteiger partial charge in [0.05, 0.1) is 23.7 Å². The van der Waals surface area contributed by atoms with Crippen molar-refractivity contribution in [2.45, 2.75) is 6.92 Å². The average Bonchev–Trinajstić information content (AvgIpc) is 2.46. The number of hydrogen-bond acceptors (Lipinski definition) is 5. The largest absolute Gasteiger partial charge is 0.339 e. The molecule has 1 heterocycles. The number of hydrogen-bond donors (Lipinski definition) is 0. The predicted octanol–water partition coefficient (Wildman–Crippen LogP) is 1.76. The maximum atomic E-state index is 11.2. The Morgan fingerprint density at radius 2 is 1.80 bits per heavy atom. The van der Waals surface area contributed by atoms with Crippen molar-refractivity contribution >= 4 is 17.3 Å². The predicted molar refractivity (Wildman–Crippen MR) is 71.4 cm³/mol. The van der Waals surface area contributed by atoms with Gasteiger partial charge in [0.25, 0.3) is 5.69 Å². The number of piperazine rings is 1. The number of amides is 1. The third-order valence-electron chi connectivity index (χ3n) is 3.05. The number of nitro groups is 1. The summed E-state index contributed by atoms with van der Waals surface area (Å²) in [5, 5.41) is 20.4. The van der Waals surface area contributed by atoms with Gasteiger partial charge in [-0.05, 0) is 12.1 Å². The maximum absolute atomic E-state index is 11.2. The molecule has 1 aromatic rings. The Labute approximate surface area is 115 Å². The summed E-state index contributed by atoms with van der Waals surface area (Å²) in [6.07, 6.45) is 0. The van der Waals surface area contributed by atoms with Crippen LogP contribution in [-0.2, 0) is 4.79 Å². The Morgan fingerprint density at radius 3 is 2.30 bits per heavy atom. The van der Waals surface area contributed by atoms with E-state index in [0.29, 0.717) is 31.9 Å². The molecule has 106 valence electrons. The van der Waals surface area contributed by atoms with Crippen molar-refractivity contribution in [2.75, 3.05) is 26.2 Å². The second-order valence-corrected chi connectivity index (χ2v) is 4.42. The number of carbonyl (C=O) groups excluding carboxylic acids is 1. The van der Waals surface area contributed by atoms with Gasteiger partial charge in [0.1, 0.15) is 0 Å². The number of non-ortho nitro benzene ring substituents is 1. The first-order chi connectivity index (χ1) is 9.56. The first-order valence-electron chi connectivity index (χ1n) is 6.23. The molecule has 1 saturated heterocycles. The quantitative estimate of drug-likeness (QED) is 0.478. The number of rotatable bonds is 3. The normalized spacial score (nSPS) is 15.7. The van der Waals surface area contributed by atoms with Gasteiger partial charge in [0, 0.05) is 32.1 Å². The van der Waals surface area contributed by atoms with Gasteiger partial charge in [0.15, 0.2) is 0 Å². The molecular formula is C12H15N5O3. The van der Waals surface area contributed by atoms with Crippen LogP contribution in [0.25, 0.3) is 0 Å². The molecule has 0 radical (unpaired) electrons. The van der Waals surface area contributed by atoms with Gasteiger partial charge in [-0.2, -0.15) is 0 Å². The van der Waals surface area contributed by atoms with Crippen molar-refractivity contribution in [3.05, 3.63) is 34.4 Å². The third kappa shape index (κ3) is 3.50. The first kappa shape index (κ1) is 13.9. The minimum Gasteiger partial charge on any atom is -0.339 e. The van der Waals surface area contributed by atoms with Crippen LogP contribution in [0.2, 0.25) is 0 Å². The number of carbonyl (C=O) groups is 1. The molecule has 0 atom stereocenters. The zero-order valence-electron chi connectivity index (χ0n) is 11.1. The minimum absolute atomic E-state index is 0.0269. The Balaban J connectivity index is 1.90. The fraction of sp³-hybridized carbons (Fsp3) is 0.417. The lowest BCUT2D eigenvalue weighted by atomic mass is 10.3. The van der Waals surface area contributed by atoms with Gasteiger partial charge in [-0.3, -0.25) is 19.9 Å². The van der Waals surface area contributed by atoms with E-state index in [1.54, 1.807) is 29.0 Å². The van der Waals surface area contributed by atoms with Crippen LogP contribution in [0.5, 0.6) is 0 Å². The Morgan fingerprint density at radius 1 is 1.20 bits per heavy atom. The monoisotopic (exact) mass is 277 g/mol. The molecule has 0 saturated carbocycles. The van der Waals surface area contributed by atoms with Gasteiger partial charge < -0.3 is 4.90 Å². The van der Waals surface area contributed by atoms with Crippen molar-refractivity contribution in [2.24, 2.45) is 10.3 Å². The summed E-state index contributed by atoms with van der Waals surface area (Å²) >= 11 is 0. The average molecular weight is 277 g/mol. The van der Waals surface area contributed by atoms with Crippen LogP contribution in [0.3, 0.4) is 0 Å². The van der Waals surface area contributed by atoms with Crippen LogP contribution in [0.1, 0.15) is 6.92 Å². The lowest BCUT2D eigenvalue weighted by molar-refractivity contribution is -0.384. The highest BCUT2D eigenvalue weighted by Crippen LogP contribution is 2.18. The Kier molecular flexibility index (Phi) is 4.24. The topological polar surface area (TPSA) is 91.4 Å². The summed E-state index contributed by atoms with van der Waals surface area (Å²) in [5.41, 5.74) is 0.587. The Hall–Kier alpha value is -2.51. The van der Waals surface area contributed by atoms with Crippen LogP contribution in [0.4, 0.5) is 11.4 Å². The summed E-state index contributed by atoms with van der Waals surface area (Å²) in [5.74, 6) is 0.0666. The molecule has 1 aromatic carbocycles. The van der Waals surface area contributed by atoms with Gasteiger partial charge in [0.2, 0.25) is 5.91 Å². The standard InChI is InChI=1S/C12H15N5O3/c1-10(18)15-6-8-16(9-7-15)14-13-11-2-4-12(5-3-11)17(19)20/h2-5H,6-9H2,1H3. The van der Waals surface area contributed by atoms with Crippen molar-refractivity contribution < 1.29 is 9.72 Å². The fourth-order valence-electron chi connectivity index (χ4n) is 1.86. The molecular weight excluding hydrogens is 262 g/mol. The molecule has 0 aromatic heterocycles. The van der Waals surface area contributed by atoms with Crippen molar-refractivity contribution in [1.82, 2.24) is 9.91 Å². The molecule has 8 heteroatoms. The molecule has 20 heavy (non-hydrogen) atoms. The van der Waals surface area contributed by atoms with E-state index in [1.807, 2.05) is 0 Å². The molecule has 0 spiro atoms. The van der Waals surface area contributed by atoms with Crippen molar-refractivity contribution in [3.63, 3.8) is 0 Å². The van der Waals surface area contributed by atoms with E-state index in [0.717, 1.165) is 0 Å². The fourth-order valence-corrected chi connectivity index (χ4v) is 1.86. The zero-order valence-corrected chi connectivity index (χ0v) is 11.1. The molecule has 0 bridgehead atoms. The lowest BCUT2D eigenvalue weighted by Crippen LogP contribution is -2.45. The van der Waals surface area contributed by atoms with E-state index < -0.39 is 4.92 Å². The smallest absolute Gasteiger partial charge is 0.269 e. The minimum atomic E-state index is -0.456. The molecule has 1 aliphatic rings. The van der Waals surface area contributed by atoms with Crippen molar-refractivity contribution in [3.8, 4) is 0 Å².